The summed E-state index contributed by atoms with van der Waals surface area (Å²) in [6.07, 6.45) is 32.6. The summed E-state index contributed by atoms with van der Waals surface area (Å²) < 4.78 is 0.0212. The molecule has 0 aliphatic carbocycles. The van der Waals surface area contributed by atoms with E-state index in [4.69, 9.17) is 0 Å². The lowest BCUT2D eigenvalue weighted by molar-refractivity contribution is 0.466. The predicted molar refractivity (Wildman–Crippen MR) is 222 cm³/mol. The Hall–Kier alpha value is 0.420. The van der Waals surface area contributed by atoms with Gasteiger partial charge in [-0.2, -0.15) is 11.8 Å². The zero-order chi connectivity index (χ0) is 33.6. The average Bonchev–Trinajstić information content (AvgIpc) is 3.06. The molecule has 0 saturated heterocycles. The molecule has 0 amide bonds. The van der Waals surface area contributed by atoms with Gasteiger partial charge in [0.05, 0.1) is 0 Å². The SMILES string of the molecule is CCCCCCCCSCc1cc(C(SCCCCCCCC)(SCCCCCCCC)SCCCCCCCC)cc(C)c1O. The van der Waals surface area contributed by atoms with Crippen LogP contribution < -0.4 is 0 Å². The molecule has 0 fully saturated rings. The minimum Gasteiger partial charge on any atom is -0.507 e. The average molecular weight is 713 g/mol. The van der Waals surface area contributed by atoms with Crippen molar-refractivity contribution in [3.63, 3.8) is 0 Å². The smallest absolute Gasteiger partial charge is 0.132 e. The van der Waals surface area contributed by atoms with Crippen LogP contribution in [-0.2, 0) is 9.16 Å². The van der Waals surface area contributed by atoms with Gasteiger partial charge in [-0.25, -0.2) is 0 Å². The van der Waals surface area contributed by atoms with Crippen molar-refractivity contribution in [1.82, 2.24) is 0 Å². The highest BCUT2D eigenvalue weighted by atomic mass is 32.3. The highest BCUT2D eigenvalue weighted by molar-refractivity contribution is 8.32. The minimum atomic E-state index is 0.0212. The third-order valence-corrected chi connectivity index (χ3v) is 15.5. The first kappa shape index (κ1) is 44.4. The van der Waals surface area contributed by atoms with Gasteiger partial charge in [-0.15, -0.1) is 35.3 Å². The molecule has 0 atom stereocenters. The van der Waals surface area contributed by atoms with E-state index in [2.05, 4.69) is 82.0 Å². The number of hydrogen-bond acceptors (Lipinski definition) is 5. The number of unbranched alkanes of at least 4 members (excludes halogenated alkanes) is 20. The molecule has 0 heterocycles. The number of thioether (sulfide) groups is 4. The highest BCUT2D eigenvalue weighted by Gasteiger charge is 2.35. The van der Waals surface area contributed by atoms with Crippen molar-refractivity contribution < 1.29 is 5.11 Å². The van der Waals surface area contributed by atoms with Gasteiger partial charge in [0, 0.05) is 11.3 Å². The Kier molecular flexibility index (Phi) is 30.3. The van der Waals surface area contributed by atoms with Crippen LogP contribution in [0.2, 0.25) is 0 Å². The van der Waals surface area contributed by atoms with Crippen LogP contribution in [0.1, 0.15) is 198 Å². The first-order valence-electron chi connectivity index (χ1n) is 19.9. The number of phenols is 1. The maximum Gasteiger partial charge on any atom is 0.132 e. The molecule has 0 spiro atoms. The summed E-state index contributed by atoms with van der Waals surface area (Å²) in [4.78, 5) is 0. The van der Waals surface area contributed by atoms with E-state index in [1.807, 2.05) is 11.8 Å². The number of aryl methyl sites for hydroxylation is 1. The normalized spacial score (nSPS) is 11.9. The van der Waals surface area contributed by atoms with E-state index in [9.17, 15) is 5.11 Å². The predicted octanol–water partition coefficient (Wildman–Crippen LogP) is 15.7. The standard InChI is InChI=1S/C41H76OS4/c1-6-10-14-18-22-26-30-43-36-38-35-39(34-37(5)40(38)42)41(44-31-27-23-19-15-11-7-2,45-32-28-24-20-16-12-8-3)46-33-29-25-21-17-13-9-4/h34-35,42H,6-33,36H2,1-5H3. The fourth-order valence-electron chi connectivity index (χ4n) is 5.95. The number of aromatic hydroxyl groups is 1. The van der Waals surface area contributed by atoms with Gasteiger partial charge in [0.25, 0.3) is 0 Å². The number of phenolic OH excluding ortho intramolecular Hbond substituents is 1. The van der Waals surface area contributed by atoms with Crippen LogP contribution >= 0.6 is 47.0 Å². The van der Waals surface area contributed by atoms with Gasteiger partial charge in [-0.05, 0) is 78.9 Å². The summed E-state index contributed by atoms with van der Waals surface area (Å²) in [5, 5.41) is 11.2. The van der Waals surface area contributed by atoms with E-state index in [1.165, 1.54) is 183 Å². The van der Waals surface area contributed by atoms with Crippen LogP contribution in [0.5, 0.6) is 5.75 Å². The van der Waals surface area contributed by atoms with Crippen molar-refractivity contribution >= 4 is 47.0 Å². The van der Waals surface area contributed by atoms with Crippen LogP contribution in [0.15, 0.2) is 12.1 Å². The van der Waals surface area contributed by atoms with E-state index in [1.54, 1.807) is 0 Å². The van der Waals surface area contributed by atoms with Crippen LogP contribution in [0.25, 0.3) is 0 Å². The van der Waals surface area contributed by atoms with Crippen molar-refractivity contribution in [2.75, 3.05) is 23.0 Å². The third kappa shape index (κ3) is 21.5. The van der Waals surface area contributed by atoms with Gasteiger partial charge in [-0.1, -0.05) is 156 Å². The molecule has 1 aromatic rings. The minimum absolute atomic E-state index is 0.0212. The van der Waals surface area contributed by atoms with E-state index >= 15 is 0 Å². The van der Waals surface area contributed by atoms with Gasteiger partial charge in [0.2, 0.25) is 0 Å². The Morgan fingerprint density at radius 1 is 0.478 bits per heavy atom. The van der Waals surface area contributed by atoms with Gasteiger partial charge < -0.3 is 5.11 Å². The zero-order valence-electron chi connectivity index (χ0n) is 31.2. The zero-order valence-corrected chi connectivity index (χ0v) is 34.5. The largest absolute Gasteiger partial charge is 0.507 e. The van der Waals surface area contributed by atoms with Crippen molar-refractivity contribution in [2.24, 2.45) is 0 Å². The van der Waals surface area contributed by atoms with Gasteiger partial charge in [0.1, 0.15) is 9.16 Å². The molecule has 0 aliphatic rings. The first-order valence-corrected chi connectivity index (χ1v) is 24.0. The van der Waals surface area contributed by atoms with E-state index in [0.717, 1.165) is 16.9 Å². The monoisotopic (exact) mass is 712 g/mol. The van der Waals surface area contributed by atoms with Gasteiger partial charge in [0.15, 0.2) is 0 Å². The molecule has 0 unspecified atom stereocenters. The Morgan fingerprint density at radius 2 is 0.826 bits per heavy atom. The van der Waals surface area contributed by atoms with E-state index < -0.39 is 0 Å². The molecule has 0 bridgehead atoms. The molecule has 0 aliphatic heterocycles. The summed E-state index contributed by atoms with van der Waals surface area (Å²) in [6.45, 7) is 11.4. The second kappa shape index (κ2) is 31.4. The Labute approximate surface area is 305 Å². The van der Waals surface area contributed by atoms with Crippen molar-refractivity contribution in [1.29, 1.82) is 0 Å². The Bertz CT molecular complexity index is 768. The molecule has 1 nitrogen and oxygen atoms in total. The molecule has 0 saturated carbocycles. The second-order valence-corrected chi connectivity index (χ2v) is 19.3. The summed E-state index contributed by atoms with van der Waals surface area (Å²) in [7, 11) is 0. The maximum atomic E-state index is 11.2. The van der Waals surface area contributed by atoms with Crippen LogP contribution in [0.4, 0.5) is 0 Å². The molecule has 1 aromatic carbocycles. The molecule has 1 N–H and O–H groups in total. The lowest BCUT2D eigenvalue weighted by atomic mass is 10.1. The van der Waals surface area contributed by atoms with Gasteiger partial charge in [-0.3, -0.25) is 0 Å². The van der Waals surface area contributed by atoms with Crippen LogP contribution in [0.3, 0.4) is 0 Å². The summed E-state index contributed by atoms with van der Waals surface area (Å²) in [5.74, 6) is 6.38. The molecule has 270 valence electrons. The van der Waals surface area contributed by atoms with Crippen molar-refractivity contribution in [3.8, 4) is 5.75 Å². The fraction of sp³-hybridized carbons (Fsp3) is 0.854. The molecular formula is C41H76OS4. The molecule has 1 rings (SSSR count). The quantitative estimate of drug-likeness (QED) is 0.0565. The van der Waals surface area contributed by atoms with E-state index in [0.29, 0.717) is 5.75 Å². The number of rotatable bonds is 34. The fourth-order valence-corrected chi connectivity index (χ4v) is 12.1. The molecule has 0 aromatic heterocycles. The van der Waals surface area contributed by atoms with Crippen molar-refractivity contribution in [2.45, 2.75) is 198 Å². The highest BCUT2D eigenvalue weighted by Crippen LogP contribution is 2.57. The van der Waals surface area contributed by atoms with Crippen LogP contribution in [0, 0.1) is 6.92 Å². The first-order chi connectivity index (χ1) is 22.5. The number of hydrogen-bond donors (Lipinski definition) is 1. The molecule has 46 heavy (non-hydrogen) atoms. The molecular weight excluding hydrogens is 637 g/mol. The third-order valence-electron chi connectivity index (χ3n) is 9.00. The Balaban J connectivity index is 3.08. The lowest BCUT2D eigenvalue weighted by Crippen LogP contribution is -2.17. The summed E-state index contributed by atoms with van der Waals surface area (Å²) in [6, 6.07) is 4.78. The maximum absolute atomic E-state index is 11.2. The van der Waals surface area contributed by atoms with Crippen molar-refractivity contribution in [3.05, 3.63) is 28.8 Å². The van der Waals surface area contributed by atoms with E-state index in [-0.39, 0.29) is 3.41 Å². The molecule has 5 heteroatoms. The molecule has 0 radical (unpaired) electrons. The lowest BCUT2D eigenvalue weighted by Gasteiger charge is -2.34. The van der Waals surface area contributed by atoms with Crippen LogP contribution in [-0.4, -0.2) is 28.1 Å². The second-order valence-electron chi connectivity index (χ2n) is 13.5. The summed E-state index contributed by atoms with van der Waals surface area (Å²) in [5.41, 5.74) is 3.69. The summed E-state index contributed by atoms with van der Waals surface area (Å²) >= 11 is 8.72. The number of benzene rings is 1. The topological polar surface area (TPSA) is 20.2 Å². The Morgan fingerprint density at radius 3 is 1.22 bits per heavy atom. The van der Waals surface area contributed by atoms with Gasteiger partial charge >= 0.3 is 0 Å².